The smallest absolute Gasteiger partial charge is 0.387 e. The van der Waals surface area contributed by atoms with Crippen LogP contribution in [0, 0.1) is 0 Å². The van der Waals surface area contributed by atoms with Crippen molar-refractivity contribution in [2.45, 2.75) is 6.61 Å². The molecule has 0 radical (unpaired) electrons. The second kappa shape index (κ2) is 5.77. The molecule has 2 aromatic carbocycles. The summed E-state index contributed by atoms with van der Waals surface area (Å²) < 4.78 is 29.3. The Morgan fingerprint density at radius 1 is 1.18 bits per heavy atom. The van der Waals surface area contributed by atoms with Crippen LogP contribution in [-0.2, 0) is 4.79 Å². The molecule has 0 aromatic heterocycles. The summed E-state index contributed by atoms with van der Waals surface area (Å²) in [4.78, 5) is 12.1. The number of rotatable bonds is 3. The van der Waals surface area contributed by atoms with Gasteiger partial charge in [0.05, 0.1) is 5.69 Å². The first-order chi connectivity index (χ1) is 10.5. The highest BCUT2D eigenvalue weighted by molar-refractivity contribution is 6.36. The molecule has 1 aliphatic rings. The summed E-state index contributed by atoms with van der Waals surface area (Å²) in [7, 11) is 0. The van der Waals surface area contributed by atoms with E-state index in [0.717, 1.165) is 0 Å². The van der Waals surface area contributed by atoms with E-state index in [-0.39, 0.29) is 11.7 Å². The van der Waals surface area contributed by atoms with Crippen molar-refractivity contribution in [2.24, 2.45) is 0 Å². The first-order valence-electron chi connectivity index (χ1n) is 6.41. The third-order valence-corrected chi connectivity index (χ3v) is 3.43. The first kappa shape index (κ1) is 14.5. The van der Waals surface area contributed by atoms with E-state index in [1.165, 1.54) is 12.1 Å². The van der Waals surface area contributed by atoms with Crippen LogP contribution in [0.25, 0.3) is 11.6 Å². The molecule has 0 saturated carbocycles. The summed E-state index contributed by atoms with van der Waals surface area (Å²) in [6.45, 7) is -2.93. The monoisotopic (exact) mass is 321 g/mol. The van der Waals surface area contributed by atoms with Crippen LogP contribution in [0.15, 0.2) is 42.5 Å². The van der Waals surface area contributed by atoms with Gasteiger partial charge in [-0.25, -0.2) is 0 Å². The fraction of sp³-hybridized carbons (Fsp3) is 0.0625. The van der Waals surface area contributed by atoms with Crippen LogP contribution in [0.4, 0.5) is 14.5 Å². The number of benzene rings is 2. The fourth-order valence-corrected chi connectivity index (χ4v) is 2.44. The van der Waals surface area contributed by atoms with Gasteiger partial charge < -0.3 is 10.1 Å². The molecular weight excluding hydrogens is 312 g/mol. The number of ether oxygens (including phenoxy) is 1. The molecule has 0 saturated heterocycles. The maximum atomic E-state index is 12.4. The minimum atomic E-state index is -2.93. The summed E-state index contributed by atoms with van der Waals surface area (Å²) in [6.07, 6.45) is 1.52. The molecule has 0 bridgehead atoms. The summed E-state index contributed by atoms with van der Waals surface area (Å²) in [5.41, 5.74) is 2.03. The Labute approximate surface area is 130 Å². The van der Waals surface area contributed by atoms with E-state index < -0.39 is 6.61 Å². The van der Waals surface area contributed by atoms with Crippen LogP contribution in [-0.4, -0.2) is 12.5 Å². The van der Waals surface area contributed by atoms with Crippen molar-refractivity contribution < 1.29 is 18.3 Å². The molecule has 0 unspecified atom stereocenters. The largest absolute Gasteiger partial charge is 0.434 e. The van der Waals surface area contributed by atoms with Crippen LogP contribution in [0.1, 0.15) is 11.1 Å². The molecular formula is C16H10ClF2NO2. The molecule has 6 heteroatoms. The number of amides is 1. The number of nitrogens with one attached hydrogen (secondary N) is 1. The highest BCUT2D eigenvalue weighted by Crippen LogP contribution is 2.36. The van der Waals surface area contributed by atoms with Crippen LogP contribution in [0.3, 0.4) is 0 Å². The average Bonchev–Trinajstić information content (AvgIpc) is 2.75. The summed E-state index contributed by atoms with van der Waals surface area (Å²) in [5.74, 6) is -0.302. The molecule has 1 aliphatic heterocycles. The second-order valence-electron chi connectivity index (χ2n) is 4.62. The molecule has 1 heterocycles. The molecule has 1 amide bonds. The Balaban J connectivity index is 2.05. The van der Waals surface area contributed by atoms with E-state index in [1.54, 1.807) is 36.4 Å². The van der Waals surface area contributed by atoms with Crippen molar-refractivity contribution in [1.29, 1.82) is 0 Å². The number of para-hydroxylation sites is 1. The van der Waals surface area contributed by atoms with Crippen LogP contribution >= 0.6 is 11.6 Å². The standard InChI is InChI=1S/C16H10ClF2NO2/c17-10-5-6-11-12(15(21)20-13(11)8-10)7-9-3-1-2-4-14(9)22-16(18)19/h1-8,16H,(H,20,21)/b12-7+. The summed E-state index contributed by atoms with van der Waals surface area (Å²) >= 11 is 5.89. The Morgan fingerprint density at radius 2 is 1.95 bits per heavy atom. The van der Waals surface area contributed by atoms with Gasteiger partial charge in [0, 0.05) is 21.7 Å². The lowest BCUT2D eigenvalue weighted by Gasteiger charge is -2.08. The lowest BCUT2D eigenvalue weighted by Crippen LogP contribution is -2.05. The van der Waals surface area contributed by atoms with Crippen LogP contribution in [0.2, 0.25) is 5.02 Å². The molecule has 22 heavy (non-hydrogen) atoms. The van der Waals surface area contributed by atoms with Crippen molar-refractivity contribution in [3.63, 3.8) is 0 Å². The molecule has 3 nitrogen and oxygen atoms in total. The van der Waals surface area contributed by atoms with E-state index in [1.807, 2.05) is 0 Å². The molecule has 1 N–H and O–H groups in total. The van der Waals surface area contributed by atoms with Crippen molar-refractivity contribution in [3.05, 3.63) is 58.6 Å². The van der Waals surface area contributed by atoms with Gasteiger partial charge >= 0.3 is 6.61 Å². The van der Waals surface area contributed by atoms with Crippen LogP contribution < -0.4 is 10.1 Å². The molecule has 0 aliphatic carbocycles. The highest BCUT2D eigenvalue weighted by Gasteiger charge is 2.24. The van der Waals surface area contributed by atoms with E-state index in [9.17, 15) is 13.6 Å². The number of hydrogen-bond donors (Lipinski definition) is 1. The lowest BCUT2D eigenvalue weighted by atomic mass is 10.0. The van der Waals surface area contributed by atoms with Gasteiger partial charge in [0.1, 0.15) is 5.75 Å². The SMILES string of the molecule is O=C1Nc2cc(Cl)ccc2/C1=C\c1ccccc1OC(F)F. The van der Waals surface area contributed by atoms with Crippen molar-refractivity contribution >= 4 is 34.8 Å². The van der Waals surface area contributed by atoms with E-state index in [0.29, 0.717) is 27.4 Å². The Bertz CT molecular complexity index is 774. The molecule has 0 spiro atoms. The minimum absolute atomic E-state index is 0.0141. The second-order valence-corrected chi connectivity index (χ2v) is 5.05. The Hall–Kier alpha value is -2.40. The minimum Gasteiger partial charge on any atom is -0.434 e. The maximum Gasteiger partial charge on any atom is 0.387 e. The van der Waals surface area contributed by atoms with Gasteiger partial charge in [-0.2, -0.15) is 8.78 Å². The Morgan fingerprint density at radius 3 is 2.73 bits per heavy atom. The summed E-state index contributed by atoms with van der Waals surface area (Å²) in [6, 6.07) is 11.3. The third-order valence-electron chi connectivity index (χ3n) is 3.20. The van der Waals surface area contributed by atoms with Gasteiger partial charge in [-0.15, -0.1) is 0 Å². The van der Waals surface area contributed by atoms with E-state index in [2.05, 4.69) is 10.1 Å². The van der Waals surface area contributed by atoms with E-state index in [4.69, 9.17) is 11.6 Å². The quantitative estimate of drug-likeness (QED) is 0.849. The van der Waals surface area contributed by atoms with Crippen molar-refractivity contribution in [3.8, 4) is 5.75 Å². The predicted molar refractivity (Wildman–Crippen MR) is 81.0 cm³/mol. The molecule has 2 aromatic rings. The zero-order valence-electron chi connectivity index (χ0n) is 11.1. The van der Waals surface area contributed by atoms with E-state index >= 15 is 0 Å². The average molecular weight is 322 g/mol. The number of carbonyl (C=O) groups is 1. The van der Waals surface area contributed by atoms with Gasteiger partial charge in [-0.05, 0) is 24.3 Å². The fourth-order valence-electron chi connectivity index (χ4n) is 2.27. The molecule has 3 rings (SSSR count). The highest BCUT2D eigenvalue weighted by atomic mass is 35.5. The zero-order valence-corrected chi connectivity index (χ0v) is 11.9. The molecule has 112 valence electrons. The summed E-state index contributed by atoms with van der Waals surface area (Å²) in [5, 5.41) is 3.19. The van der Waals surface area contributed by atoms with Gasteiger partial charge in [0.2, 0.25) is 0 Å². The zero-order chi connectivity index (χ0) is 15.7. The molecule has 0 fully saturated rings. The number of hydrogen-bond acceptors (Lipinski definition) is 2. The van der Waals surface area contributed by atoms with Crippen molar-refractivity contribution in [2.75, 3.05) is 5.32 Å². The number of fused-ring (bicyclic) bond motifs is 1. The third kappa shape index (κ3) is 2.80. The predicted octanol–water partition coefficient (Wildman–Crippen LogP) is 4.43. The number of anilines is 1. The number of alkyl halides is 2. The van der Waals surface area contributed by atoms with Crippen LogP contribution in [0.5, 0.6) is 5.75 Å². The number of carbonyl (C=O) groups excluding carboxylic acids is 1. The van der Waals surface area contributed by atoms with Gasteiger partial charge in [-0.3, -0.25) is 4.79 Å². The van der Waals surface area contributed by atoms with Gasteiger partial charge in [0.15, 0.2) is 0 Å². The maximum absolute atomic E-state index is 12.4. The van der Waals surface area contributed by atoms with Crippen molar-refractivity contribution in [1.82, 2.24) is 0 Å². The lowest BCUT2D eigenvalue weighted by molar-refractivity contribution is -0.110. The van der Waals surface area contributed by atoms with Gasteiger partial charge in [-0.1, -0.05) is 35.9 Å². The topological polar surface area (TPSA) is 38.3 Å². The number of halogens is 3. The first-order valence-corrected chi connectivity index (χ1v) is 6.79. The Kier molecular flexibility index (Phi) is 3.81. The van der Waals surface area contributed by atoms with Gasteiger partial charge in [0.25, 0.3) is 5.91 Å². The molecule has 0 atom stereocenters. The normalized spacial score (nSPS) is 15.1.